The third-order valence-electron chi connectivity index (χ3n) is 2.88. The van der Waals surface area contributed by atoms with E-state index in [1.165, 1.54) is 11.3 Å². The second kappa shape index (κ2) is 4.56. The summed E-state index contributed by atoms with van der Waals surface area (Å²) in [4.78, 5) is 23.9. The lowest BCUT2D eigenvalue weighted by atomic mass is 10.1. The minimum Gasteiger partial charge on any atom is -0.345 e. The first kappa shape index (κ1) is 12.0. The summed E-state index contributed by atoms with van der Waals surface area (Å²) < 4.78 is 0. The van der Waals surface area contributed by atoms with Crippen LogP contribution in [0, 0.1) is 0 Å². The highest BCUT2D eigenvalue weighted by atomic mass is 32.1. The van der Waals surface area contributed by atoms with Crippen LogP contribution in [0.3, 0.4) is 0 Å². The zero-order chi connectivity index (χ0) is 13.4. The molecule has 3 N–H and O–H groups in total. The van der Waals surface area contributed by atoms with Crippen LogP contribution in [-0.2, 0) is 0 Å². The van der Waals surface area contributed by atoms with Gasteiger partial charge in [0.2, 0.25) is 5.78 Å². The van der Waals surface area contributed by atoms with Gasteiger partial charge < -0.3 is 10.7 Å². The molecule has 0 aliphatic carbocycles. The maximum atomic E-state index is 12.4. The van der Waals surface area contributed by atoms with Crippen molar-refractivity contribution in [3.63, 3.8) is 0 Å². The molecule has 0 bridgehead atoms. The topological polar surface area (TPSA) is 84.7 Å². The number of aromatic nitrogens is 3. The number of carbonyl (C=O) groups is 1. The highest BCUT2D eigenvalue weighted by Crippen LogP contribution is 2.22. The molecule has 3 aromatic rings. The second-order valence-electron chi connectivity index (χ2n) is 4.30. The highest BCUT2D eigenvalue weighted by Gasteiger charge is 2.18. The van der Waals surface area contributed by atoms with E-state index in [2.05, 4.69) is 15.0 Å². The molecule has 0 fully saturated rings. The molecule has 0 amide bonds. The standard InChI is InChI=1S/C13H12N4OS/c1-7(14)10-6-19-13(17-10)11(18)9-5-16-12-8(9)3-2-4-15-12/h2-7H,14H2,1H3,(H,15,16)/t7-/m0/s1. The number of ketones is 1. The molecule has 0 spiro atoms. The molecular formula is C13H12N4OS. The van der Waals surface area contributed by atoms with Crippen LogP contribution >= 0.6 is 11.3 Å². The Hall–Kier alpha value is -2.05. The summed E-state index contributed by atoms with van der Waals surface area (Å²) in [6, 6.07) is 3.51. The summed E-state index contributed by atoms with van der Waals surface area (Å²) in [6.45, 7) is 1.85. The highest BCUT2D eigenvalue weighted by molar-refractivity contribution is 7.12. The monoisotopic (exact) mass is 272 g/mol. The number of aromatic amines is 1. The number of pyridine rings is 1. The molecule has 6 heteroatoms. The van der Waals surface area contributed by atoms with Crippen LogP contribution in [0.4, 0.5) is 0 Å². The molecule has 3 heterocycles. The lowest BCUT2D eigenvalue weighted by Gasteiger charge is -1.97. The quantitative estimate of drug-likeness (QED) is 0.716. The van der Waals surface area contributed by atoms with Crippen molar-refractivity contribution in [1.82, 2.24) is 15.0 Å². The van der Waals surface area contributed by atoms with Gasteiger partial charge in [0.25, 0.3) is 0 Å². The molecule has 3 rings (SSSR count). The number of hydrogen-bond donors (Lipinski definition) is 2. The number of rotatable bonds is 3. The lowest BCUT2D eigenvalue weighted by molar-refractivity contribution is 0.104. The van der Waals surface area contributed by atoms with Gasteiger partial charge in [-0.25, -0.2) is 9.97 Å². The second-order valence-corrected chi connectivity index (χ2v) is 5.16. The SMILES string of the molecule is C[C@H](N)c1csc(C(=O)c2c[nH]c3ncccc23)n1. The minimum atomic E-state index is -0.164. The zero-order valence-corrected chi connectivity index (χ0v) is 11.1. The van der Waals surface area contributed by atoms with Crippen molar-refractivity contribution in [1.29, 1.82) is 0 Å². The summed E-state index contributed by atoms with van der Waals surface area (Å²) in [5, 5.41) is 3.09. The molecule has 96 valence electrons. The van der Waals surface area contributed by atoms with Crippen LogP contribution in [0.5, 0.6) is 0 Å². The van der Waals surface area contributed by atoms with Gasteiger partial charge in [-0.15, -0.1) is 11.3 Å². The first-order chi connectivity index (χ1) is 9.16. The van der Waals surface area contributed by atoms with E-state index >= 15 is 0 Å². The maximum absolute atomic E-state index is 12.4. The minimum absolute atomic E-state index is 0.101. The van der Waals surface area contributed by atoms with Crippen LogP contribution in [0.2, 0.25) is 0 Å². The molecule has 0 radical (unpaired) electrons. The maximum Gasteiger partial charge on any atom is 0.223 e. The zero-order valence-electron chi connectivity index (χ0n) is 10.3. The lowest BCUT2D eigenvalue weighted by Crippen LogP contribution is -2.06. The number of thiazole rings is 1. The number of nitrogens with two attached hydrogens (primary N) is 1. The number of nitrogens with one attached hydrogen (secondary N) is 1. The van der Waals surface area contributed by atoms with E-state index < -0.39 is 0 Å². The van der Waals surface area contributed by atoms with Crippen molar-refractivity contribution >= 4 is 28.2 Å². The largest absolute Gasteiger partial charge is 0.345 e. The summed E-state index contributed by atoms with van der Waals surface area (Å²) in [7, 11) is 0. The van der Waals surface area contributed by atoms with Gasteiger partial charge in [0.05, 0.1) is 11.3 Å². The summed E-state index contributed by atoms with van der Waals surface area (Å²) in [6.07, 6.45) is 3.36. The number of carbonyl (C=O) groups excluding carboxylic acids is 1. The first-order valence-corrected chi connectivity index (χ1v) is 6.72. The van der Waals surface area contributed by atoms with E-state index in [0.717, 1.165) is 11.1 Å². The van der Waals surface area contributed by atoms with Crippen molar-refractivity contribution in [3.8, 4) is 0 Å². The summed E-state index contributed by atoms with van der Waals surface area (Å²) in [5.41, 5.74) is 7.79. The van der Waals surface area contributed by atoms with Gasteiger partial charge >= 0.3 is 0 Å². The Morgan fingerprint density at radius 3 is 3.11 bits per heavy atom. The summed E-state index contributed by atoms with van der Waals surface area (Å²) >= 11 is 1.32. The van der Waals surface area contributed by atoms with E-state index in [1.807, 2.05) is 24.4 Å². The van der Waals surface area contributed by atoms with Gasteiger partial charge in [-0.1, -0.05) is 0 Å². The van der Waals surface area contributed by atoms with Crippen molar-refractivity contribution in [2.75, 3.05) is 0 Å². The van der Waals surface area contributed by atoms with Gasteiger partial charge in [0, 0.05) is 29.2 Å². The van der Waals surface area contributed by atoms with Crippen LogP contribution in [0.25, 0.3) is 11.0 Å². The van der Waals surface area contributed by atoms with E-state index in [0.29, 0.717) is 16.2 Å². The van der Waals surface area contributed by atoms with E-state index in [1.54, 1.807) is 12.4 Å². The first-order valence-electron chi connectivity index (χ1n) is 5.84. The van der Waals surface area contributed by atoms with E-state index in [-0.39, 0.29) is 11.8 Å². The van der Waals surface area contributed by atoms with Crippen molar-refractivity contribution < 1.29 is 4.79 Å². The van der Waals surface area contributed by atoms with Crippen LogP contribution in [0.15, 0.2) is 29.9 Å². The Kier molecular flexibility index (Phi) is 2.88. The van der Waals surface area contributed by atoms with Crippen molar-refractivity contribution in [2.45, 2.75) is 13.0 Å². The number of nitrogens with zero attached hydrogens (tertiary/aromatic N) is 2. The normalized spacial score (nSPS) is 12.7. The van der Waals surface area contributed by atoms with Gasteiger partial charge in [0.1, 0.15) is 5.65 Å². The Bertz CT molecular complexity index is 744. The van der Waals surface area contributed by atoms with E-state index in [4.69, 9.17) is 5.73 Å². The Balaban J connectivity index is 2.03. The Morgan fingerprint density at radius 1 is 1.53 bits per heavy atom. The fourth-order valence-electron chi connectivity index (χ4n) is 1.86. The Morgan fingerprint density at radius 2 is 2.37 bits per heavy atom. The molecule has 0 unspecified atom stereocenters. The molecular weight excluding hydrogens is 260 g/mol. The third-order valence-corrected chi connectivity index (χ3v) is 3.74. The van der Waals surface area contributed by atoms with Gasteiger partial charge in [-0.3, -0.25) is 4.79 Å². The van der Waals surface area contributed by atoms with Gasteiger partial charge in [0.15, 0.2) is 5.01 Å². The van der Waals surface area contributed by atoms with Crippen LogP contribution < -0.4 is 5.73 Å². The molecule has 0 aliphatic rings. The average molecular weight is 272 g/mol. The molecule has 3 aromatic heterocycles. The molecule has 0 saturated carbocycles. The molecule has 5 nitrogen and oxygen atoms in total. The molecule has 0 aliphatic heterocycles. The summed E-state index contributed by atoms with van der Waals surface area (Å²) in [5.74, 6) is -0.101. The fourth-order valence-corrected chi connectivity index (χ4v) is 2.73. The van der Waals surface area contributed by atoms with Gasteiger partial charge in [-0.05, 0) is 19.1 Å². The molecule has 19 heavy (non-hydrogen) atoms. The predicted molar refractivity (Wildman–Crippen MR) is 74.2 cm³/mol. The predicted octanol–water partition coefficient (Wildman–Crippen LogP) is 2.27. The average Bonchev–Trinajstić information content (AvgIpc) is 3.05. The molecule has 0 aromatic carbocycles. The smallest absolute Gasteiger partial charge is 0.223 e. The number of H-pyrrole nitrogens is 1. The molecule has 1 atom stereocenters. The molecule has 0 saturated heterocycles. The van der Waals surface area contributed by atoms with Crippen LogP contribution in [-0.4, -0.2) is 20.7 Å². The van der Waals surface area contributed by atoms with Gasteiger partial charge in [-0.2, -0.15) is 0 Å². The number of fused-ring (bicyclic) bond motifs is 1. The van der Waals surface area contributed by atoms with Crippen LogP contribution in [0.1, 0.15) is 34.0 Å². The van der Waals surface area contributed by atoms with Crippen molar-refractivity contribution in [2.24, 2.45) is 5.73 Å². The van der Waals surface area contributed by atoms with Crippen molar-refractivity contribution in [3.05, 3.63) is 46.2 Å². The number of hydrogen-bond acceptors (Lipinski definition) is 5. The fraction of sp³-hybridized carbons (Fsp3) is 0.154. The Labute approximate surface area is 113 Å². The van der Waals surface area contributed by atoms with E-state index in [9.17, 15) is 4.79 Å². The third kappa shape index (κ3) is 2.05.